The summed E-state index contributed by atoms with van der Waals surface area (Å²) in [6.45, 7) is 0. The van der Waals surface area contributed by atoms with Gasteiger partial charge in [-0.1, -0.05) is 24.3 Å². The maximum atomic E-state index is 5.83. The molecule has 0 radical (unpaired) electrons. The molecule has 4 nitrogen and oxygen atoms in total. The number of hydrogen-bond donors (Lipinski definition) is 1. The molecular weight excluding hydrogens is 224 g/mol. The second kappa shape index (κ2) is 4.49. The average molecular weight is 238 g/mol. The van der Waals surface area contributed by atoms with Gasteiger partial charge in [-0.05, 0) is 18.6 Å². The Morgan fingerprint density at radius 2 is 2.28 bits per heavy atom. The van der Waals surface area contributed by atoms with Crippen LogP contribution in [0.25, 0.3) is 11.3 Å². The van der Waals surface area contributed by atoms with Gasteiger partial charge in [-0.2, -0.15) is 5.10 Å². The summed E-state index contributed by atoms with van der Waals surface area (Å²) in [7, 11) is 0. The molecule has 3 rings (SSSR count). The summed E-state index contributed by atoms with van der Waals surface area (Å²) in [5.74, 6) is 0.539. The van der Waals surface area contributed by atoms with Crippen molar-refractivity contribution in [2.45, 2.75) is 12.5 Å². The first-order chi connectivity index (χ1) is 8.84. The van der Waals surface area contributed by atoms with Crippen LogP contribution in [0.1, 0.15) is 12.5 Å². The molecule has 4 heteroatoms. The molecule has 1 atom stereocenters. The highest BCUT2D eigenvalue weighted by atomic mass is 15.3. The summed E-state index contributed by atoms with van der Waals surface area (Å²) >= 11 is 0. The second-order valence-electron chi connectivity index (χ2n) is 4.26. The van der Waals surface area contributed by atoms with Crippen molar-refractivity contribution < 1.29 is 0 Å². The van der Waals surface area contributed by atoms with E-state index in [1.54, 1.807) is 6.20 Å². The molecule has 2 heterocycles. The molecule has 2 aromatic heterocycles. The molecule has 1 unspecified atom stereocenters. The summed E-state index contributed by atoms with van der Waals surface area (Å²) in [6, 6.07) is 6.05. The zero-order valence-electron chi connectivity index (χ0n) is 9.90. The first-order valence-corrected chi connectivity index (χ1v) is 5.93. The van der Waals surface area contributed by atoms with Crippen LogP contribution in [0.5, 0.6) is 0 Å². The van der Waals surface area contributed by atoms with Gasteiger partial charge in [-0.25, -0.2) is 0 Å². The fourth-order valence-electron chi connectivity index (χ4n) is 2.14. The van der Waals surface area contributed by atoms with Crippen LogP contribution in [0.3, 0.4) is 0 Å². The highest BCUT2D eigenvalue weighted by Gasteiger charge is 2.15. The van der Waals surface area contributed by atoms with Gasteiger partial charge in [0.15, 0.2) is 0 Å². The van der Waals surface area contributed by atoms with E-state index in [0.29, 0.717) is 5.82 Å². The Morgan fingerprint density at radius 3 is 3.00 bits per heavy atom. The molecule has 2 N–H and O–H groups in total. The van der Waals surface area contributed by atoms with Crippen molar-refractivity contribution in [1.82, 2.24) is 14.8 Å². The number of nitrogens with two attached hydrogens (primary N) is 1. The van der Waals surface area contributed by atoms with Crippen LogP contribution in [0.15, 0.2) is 54.9 Å². The maximum absolute atomic E-state index is 5.83. The third kappa shape index (κ3) is 1.93. The van der Waals surface area contributed by atoms with E-state index in [9.17, 15) is 0 Å². The molecule has 0 aromatic carbocycles. The number of anilines is 1. The molecule has 0 fully saturated rings. The molecule has 18 heavy (non-hydrogen) atoms. The molecular formula is C14H14N4. The van der Waals surface area contributed by atoms with Crippen LogP contribution in [-0.4, -0.2) is 14.8 Å². The lowest BCUT2D eigenvalue weighted by atomic mass is 10.1. The number of nitrogen functional groups attached to an aromatic ring is 1. The van der Waals surface area contributed by atoms with Crippen molar-refractivity contribution >= 4 is 5.82 Å². The minimum absolute atomic E-state index is 0.225. The topological polar surface area (TPSA) is 56.7 Å². The Kier molecular flexibility index (Phi) is 2.68. The van der Waals surface area contributed by atoms with Crippen LogP contribution >= 0.6 is 0 Å². The minimum Gasteiger partial charge on any atom is -0.382 e. The van der Waals surface area contributed by atoms with Gasteiger partial charge in [0.2, 0.25) is 0 Å². The fourth-order valence-corrected chi connectivity index (χ4v) is 2.14. The van der Waals surface area contributed by atoms with Gasteiger partial charge in [-0.3, -0.25) is 9.67 Å². The van der Waals surface area contributed by atoms with Gasteiger partial charge in [0, 0.05) is 24.0 Å². The Balaban J connectivity index is 2.05. The van der Waals surface area contributed by atoms with Crippen molar-refractivity contribution in [3.63, 3.8) is 0 Å². The van der Waals surface area contributed by atoms with Crippen LogP contribution in [-0.2, 0) is 0 Å². The molecule has 0 aliphatic heterocycles. The van der Waals surface area contributed by atoms with Gasteiger partial charge in [0.1, 0.15) is 5.82 Å². The lowest BCUT2D eigenvalue weighted by Crippen LogP contribution is -2.10. The summed E-state index contributed by atoms with van der Waals surface area (Å²) in [5, 5.41) is 4.39. The van der Waals surface area contributed by atoms with Crippen LogP contribution < -0.4 is 5.73 Å². The van der Waals surface area contributed by atoms with Crippen LogP contribution in [0.4, 0.5) is 5.82 Å². The van der Waals surface area contributed by atoms with Crippen molar-refractivity contribution in [3.05, 3.63) is 54.9 Å². The smallest absolute Gasteiger partial charge is 0.146 e. The van der Waals surface area contributed by atoms with Crippen molar-refractivity contribution in [1.29, 1.82) is 0 Å². The summed E-state index contributed by atoms with van der Waals surface area (Å²) in [6.07, 6.45) is 12.9. The Morgan fingerprint density at radius 1 is 1.33 bits per heavy atom. The standard InChI is InChI=1S/C14H14N4/c15-14-9-13(11-5-4-8-16-10-11)18(17-14)12-6-2-1-3-7-12/h1-6,8-10,12H,7H2,(H2,15,17). The predicted octanol–water partition coefficient (Wildman–Crippen LogP) is 2.58. The summed E-state index contributed by atoms with van der Waals surface area (Å²) < 4.78 is 1.96. The molecule has 2 aromatic rings. The third-order valence-electron chi connectivity index (χ3n) is 2.98. The molecule has 0 saturated heterocycles. The molecule has 0 saturated carbocycles. The molecule has 1 aliphatic rings. The molecule has 0 amide bonds. The normalized spacial score (nSPS) is 18.1. The second-order valence-corrected chi connectivity index (χ2v) is 4.26. The maximum Gasteiger partial charge on any atom is 0.146 e. The SMILES string of the molecule is Nc1cc(-c2cccnc2)n(C2C=CC=CC2)n1. The number of nitrogens with zero attached hydrogens (tertiary/aromatic N) is 3. The number of pyridine rings is 1. The van der Waals surface area contributed by atoms with E-state index in [0.717, 1.165) is 17.7 Å². The quantitative estimate of drug-likeness (QED) is 0.874. The average Bonchev–Trinajstić information content (AvgIpc) is 2.83. The highest BCUT2D eigenvalue weighted by molar-refractivity contribution is 5.62. The first-order valence-electron chi connectivity index (χ1n) is 5.93. The van der Waals surface area contributed by atoms with E-state index in [1.807, 2.05) is 41.2 Å². The van der Waals surface area contributed by atoms with Gasteiger partial charge in [-0.15, -0.1) is 0 Å². The van der Waals surface area contributed by atoms with Crippen molar-refractivity contribution in [2.24, 2.45) is 0 Å². The zero-order valence-corrected chi connectivity index (χ0v) is 9.90. The fraction of sp³-hybridized carbons (Fsp3) is 0.143. The van der Waals surface area contributed by atoms with E-state index in [-0.39, 0.29) is 6.04 Å². The van der Waals surface area contributed by atoms with Gasteiger partial charge in [0.25, 0.3) is 0 Å². The summed E-state index contributed by atoms with van der Waals surface area (Å²) in [5.41, 5.74) is 7.87. The number of aromatic nitrogens is 3. The first kappa shape index (κ1) is 10.8. The van der Waals surface area contributed by atoms with Gasteiger partial charge >= 0.3 is 0 Å². The Bertz CT molecular complexity index is 596. The lowest BCUT2D eigenvalue weighted by molar-refractivity contribution is 0.548. The van der Waals surface area contributed by atoms with Crippen molar-refractivity contribution in [2.75, 3.05) is 5.73 Å². The van der Waals surface area contributed by atoms with E-state index < -0.39 is 0 Å². The Labute approximate surface area is 105 Å². The van der Waals surface area contributed by atoms with Crippen molar-refractivity contribution in [3.8, 4) is 11.3 Å². The Hall–Kier alpha value is -2.36. The van der Waals surface area contributed by atoms with E-state index in [2.05, 4.69) is 22.2 Å². The predicted molar refractivity (Wildman–Crippen MR) is 71.8 cm³/mol. The number of hydrogen-bond acceptors (Lipinski definition) is 3. The molecule has 0 bridgehead atoms. The largest absolute Gasteiger partial charge is 0.382 e. The van der Waals surface area contributed by atoms with E-state index in [1.165, 1.54) is 0 Å². The molecule has 0 spiro atoms. The van der Waals surface area contributed by atoms with Gasteiger partial charge in [0.05, 0.1) is 11.7 Å². The van der Waals surface area contributed by atoms with Crippen LogP contribution in [0, 0.1) is 0 Å². The summed E-state index contributed by atoms with van der Waals surface area (Å²) in [4.78, 5) is 4.14. The van der Waals surface area contributed by atoms with E-state index >= 15 is 0 Å². The monoisotopic (exact) mass is 238 g/mol. The highest BCUT2D eigenvalue weighted by Crippen LogP contribution is 2.27. The third-order valence-corrected chi connectivity index (χ3v) is 2.98. The molecule has 1 aliphatic carbocycles. The van der Waals surface area contributed by atoms with Crippen LogP contribution in [0.2, 0.25) is 0 Å². The number of rotatable bonds is 2. The van der Waals surface area contributed by atoms with Gasteiger partial charge < -0.3 is 5.73 Å². The number of allylic oxidation sites excluding steroid dienone is 4. The van der Waals surface area contributed by atoms with E-state index in [4.69, 9.17) is 5.73 Å². The minimum atomic E-state index is 0.225. The lowest BCUT2D eigenvalue weighted by Gasteiger charge is -2.16. The molecule has 90 valence electrons. The zero-order chi connectivity index (χ0) is 12.4.